The van der Waals surface area contributed by atoms with E-state index in [2.05, 4.69) is 162 Å². The summed E-state index contributed by atoms with van der Waals surface area (Å²) in [7, 11) is 0. The van der Waals surface area contributed by atoms with Crippen molar-refractivity contribution >= 4 is 54.1 Å². The minimum absolute atomic E-state index is 0.646. The first-order valence-corrected chi connectivity index (χ1v) is 20.7. The zero-order chi connectivity index (χ0) is 40.3. The molecule has 0 unspecified atom stereocenters. The fraction of sp³-hybridized carbons (Fsp3) is 0. The minimum Gasteiger partial charge on any atom is -0.309 e. The molecule has 12 rings (SSSR count). The largest absolute Gasteiger partial charge is 0.309 e. The molecule has 0 aliphatic rings. The molecule has 284 valence electrons. The summed E-state index contributed by atoms with van der Waals surface area (Å²) in [5, 5.41) is 9.71. The number of fused-ring (bicyclic) bond motifs is 9. The molecule has 0 radical (unpaired) electrons. The van der Waals surface area contributed by atoms with Crippen LogP contribution in [0.5, 0.6) is 0 Å². The van der Waals surface area contributed by atoms with Gasteiger partial charge in [-0.15, -0.1) is 0 Å². The highest BCUT2D eigenvalue weighted by Gasteiger charge is 2.17. The lowest BCUT2D eigenvalue weighted by molar-refractivity contribution is 1.07. The van der Waals surface area contributed by atoms with Crippen LogP contribution in [-0.2, 0) is 0 Å². The molecule has 4 nitrogen and oxygen atoms in total. The third-order valence-electron chi connectivity index (χ3n) is 12.0. The van der Waals surface area contributed by atoms with Crippen molar-refractivity contribution < 1.29 is 0 Å². The van der Waals surface area contributed by atoms with Gasteiger partial charge in [-0.1, -0.05) is 170 Å². The Labute approximate surface area is 352 Å². The van der Waals surface area contributed by atoms with Gasteiger partial charge in [0.05, 0.1) is 11.0 Å². The van der Waals surface area contributed by atoms with Crippen molar-refractivity contribution in [3.8, 4) is 62.1 Å². The molecule has 0 atom stereocenters. The van der Waals surface area contributed by atoms with Gasteiger partial charge in [0, 0.05) is 33.2 Å². The summed E-state index contributed by atoms with van der Waals surface area (Å²) in [6, 6.07) is 77.8. The summed E-state index contributed by atoms with van der Waals surface area (Å²) in [6.07, 6.45) is 0. The van der Waals surface area contributed by atoms with E-state index in [1.165, 1.54) is 71.0 Å². The lowest BCUT2D eigenvalue weighted by Gasteiger charge is -2.14. The first kappa shape index (κ1) is 34.8. The third-order valence-corrected chi connectivity index (χ3v) is 12.0. The van der Waals surface area contributed by atoms with E-state index in [0.717, 1.165) is 27.8 Å². The van der Waals surface area contributed by atoms with Crippen molar-refractivity contribution in [1.82, 2.24) is 19.5 Å². The Balaban J connectivity index is 0.985. The maximum atomic E-state index is 5.06. The molecule has 0 saturated carbocycles. The van der Waals surface area contributed by atoms with Gasteiger partial charge in [0.15, 0.2) is 17.5 Å². The maximum Gasteiger partial charge on any atom is 0.164 e. The average Bonchev–Trinajstić information content (AvgIpc) is 3.68. The summed E-state index contributed by atoms with van der Waals surface area (Å²) in [6.45, 7) is 0. The first-order valence-electron chi connectivity index (χ1n) is 20.7. The van der Waals surface area contributed by atoms with Gasteiger partial charge in [-0.2, -0.15) is 0 Å². The molecular weight excluding hydrogens is 741 g/mol. The second-order valence-corrected chi connectivity index (χ2v) is 15.6. The van der Waals surface area contributed by atoms with E-state index in [1.807, 2.05) is 60.7 Å². The van der Waals surface area contributed by atoms with Crippen LogP contribution >= 0.6 is 0 Å². The number of rotatable bonds is 6. The fourth-order valence-electron chi connectivity index (χ4n) is 9.10. The molecule has 0 aliphatic carbocycles. The van der Waals surface area contributed by atoms with Gasteiger partial charge >= 0.3 is 0 Å². The van der Waals surface area contributed by atoms with Crippen LogP contribution in [0.1, 0.15) is 0 Å². The molecule has 0 N–H and O–H groups in total. The SMILES string of the molecule is c1ccc(-c2nc(-c3ccccc3)nc(-c3ccc4c5ccccc5c5cc(-c6cccc(-c7ccc8c(c7)c7ccccc7n8-c7ccccc7)c6)ccc5c4c3)n2)cc1. The molecule has 0 saturated heterocycles. The highest BCUT2D eigenvalue weighted by atomic mass is 15.0. The minimum atomic E-state index is 0.646. The smallest absolute Gasteiger partial charge is 0.164 e. The molecule has 0 spiro atoms. The predicted octanol–water partition coefficient (Wildman–Crippen LogP) is 14.8. The van der Waals surface area contributed by atoms with Crippen molar-refractivity contribution in [2.45, 2.75) is 0 Å². The van der Waals surface area contributed by atoms with Crippen LogP contribution in [0.2, 0.25) is 0 Å². The highest BCUT2D eigenvalue weighted by molar-refractivity contribution is 6.26. The molecule has 0 bridgehead atoms. The standard InChI is InChI=1S/C57H36N4/c1-4-15-37(16-5-1)55-58-56(38-17-6-2-7-18-38)60-57(59-55)43-28-31-47-45-23-10-11-24-46(45)50-34-41(27-30-48(50)51(47)36-43)39-19-14-20-40(33-39)42-29-32-54-52(35-42)49-25-12-13-26-53(49)61(54)44-21-8-3-9-22-44/h1-36H. The van der Waals surface area contributed by atoms with Crippen molar-refractivity contribution in [2.24, 2.45) is 0 Å². The Morgan fingerprint density at radius 2 is 0.623 bits per heavy atom. The van der Waals surface area contributed by atoms with E-state index in [1.54, 1.807) is 0 Å². The van der Waals surface area contributed by atoms with Crippen LogP contribution in [0.25, 0.3) is 116 Å². The maximum absolute atomic E-state index is 5.06. The van der Waals surface area contributed by atoms with Gasteiger partial charge in [0.2, 0.25) is 0 Å². The first-order chi connectivity index (χ1) is 30.2. The van der Waals surface area contributed by atoms with E-state index in [9.17, 15) is 0 Å². The van der Waals surface area contributed by atoms with E-state index in [-0.39, 0.29) is 0 Å². The Kier molecular flexibility index (Phi) is 8.13. The summed E-state index contributed by atoms with van der Waals surface area (Å²) >= 11 is 0. The molecule has 2 heterocycles. The van der Waals surface area contributed by atoms with Crippen molar-refractivity contribution in [2.75, 3.05) is 0 Å². The highest BCUT2D eigenvalue weighted by Crippen LogP contribution is 2.40. The van der Waals surface area contributed by atoms with Crippen molar-refractivity contribution in [3.63, 3.8) is 0 Å². The Bertz CT molecular complexity index is 3570. The number of benzene rings is 10. The van der Waals surface area contributed by atoms with Crippen LogP contribution in [-0.4, -0.2) is 19.5 Å². The zero-order valence-corrected chi connectivity index (χ0v) is 33.1. The zero-order valence-electron chi connectivity index (χ0n) is 33.1. The topological polar surface area (TPSA) is 43.6 Å². The number of hydrogen-bond acceptors (Lipinski definition) is 3. The van der Waals surface area contributed by atoms with Crippen LogP contribution in [0.15, 0.2) is 218 Å². The molecular formula is C57H36N4. The predicted molar refractivity (Wildman–Crippen MR) is 254 cm³/mol. The second kappa shape index (κ2) is 14.3. The summed E-state index contributed by atoms with van der Waals surface area (Å²) in [5.74, 6) is 1.95. The molecule has 61 heavy (non-hydrogen) atoms. The van der Waals surface area contributed by atoms with E-state index in [4.69, 9.17) is 15.0 Å². The van der Waals surface area contributed by atoms with Crippen LogP contribution < -0.4 is 0 Å². The van der Waals surface area contributed by atoms with Crippen LogP contribution in [0.3, 0.4) is 0 Å². The number of nitrogens with zero attached hydrogens (tertiary/aromatic N) is 4. The Morgan fingerprint density at radius 3 is 1.26 bits per heavy atom. The van der Waals surface area contributed by atoms with Crippen LogP contribution in [0.4, 0.5) is 0 Å². The van der Waals surface area contributed by atoms with E-state index in [0.29, 0.717) is 17.5 Å². The van der Waals surface area contributed by atoms with Crippen molar-refractivity contribution in [1.29, 1.82) is 0 Å². The second-order valence-electron chi connectivity index (χ2n) is 15.6. The molecule has 12 aromatic rings. The summed E-state index contributed by atoms with van der Waals surface area (Å²) < 4.78 is 2.37. The molecule has 4 heteroatoms. The van der Waals surface area contributed by atoms with E-state index < -0.39 is 0 Å². The average molecular weight is 777 g/mol. The lowest BCUT2D eigenvalue weighted by atomic mass is 9.90. The number of para-hydroxylation sites is 2. The Hall–Kier alpha value is -8.21. The normalized spacial score (nSPS) is 11.6. The quantitative estimate of drug-likeness (QED) is 0.158. The van der Waals surface area contributed by atoms with Gasteiger partial charge in [0.1, 0.15) is 0 Å². The number of aromatic nitrogens is 4. The van der Waals surface area contributed by atoms with Gasteiger partial charge in [-0.25, -0.2) is 15.0 Å². The molecule has 0 amide bonds. The van der Waals surface area contributed by atoms with Gasteiger partial charge in [-0.3, -0.25) is 0 Å². The molecule has 0 fully saturated rings. The molecule has 2 aromatic heterocycles. The van der Waals surface area contributed by atoms with Crippen molar-refractivity contribution in [3.05, 3.63) is 218 Å². The van der Waals surface area contributed by atoms with Gasteiger partial charge in [0.25, 0.3) is 0 Å². The van der Waals surface area contributed by atoms with Gasteiger partial charge in [-0.05, 0) is 103 Å². The molecule has 0 aliphatic heterocycles. The number of hydrogen-bond donors (Lipinski definition) is 0. The summed E-state index contributed by atoms with van der Waals surface area (Å²) in [5.41, 5.74) is 11.2. The molecule has 10 aromatic carbocycles. The third kappa shape index (κ3) is 5.96. The fourth-order valence-corrected chi connectivity index (χ4v) is 9.10. The van der Waals surface area contributed by atoms with Crippen LogP contribution in [0, 0.1) is 0 Å². The summed E-state index contributed by atoms with van der Waals surface area (Å²) in [4.78, 5) is 15.0. The monoisotopic (exact) mass is 776 g/mol. The Morgan fingerprint density at radius 1 is 0.230 bits per heavy atom. The lowest BCUT2D eigenvalue weighted by Crippen LogP contribution is -2.00. The van der Waals surface area contributed by atoms with E-state index >= 15 is 0 Å². The van der Waals surface area contributed by atoms with Gasteiger partial charge < -0.3 is 4.57 Å².